The number of nitrogens with zero attached hydrogens (tertiary/aromatic N) is 1. The van der Waals surface area contributed by atoms with Gasteiger partial charge in [0.1, 0.15) is 11.5 Å². The summed E-state index contributed by atoms with van der Waals surface area (Å²) < 4.78 is 15.8. The number of hydrazone groups is 1. The van der Waals surface area contributed by atoms with Gasteiger partial charge in [0.25, 0.3) is 5.91 Å². The van der Waals surface area contributed by atoms with Crippen LogP contribution in [-0.4, -0.2) is 24.7 Å². The quantitative estimate of drug-likeness (QED) is 0.287. The second-order valence-electron chi connectivity index (χ2n) is 6.24. The van der Waals surface area contributed by atoms with Gasteiger partial charge in [-0.2, -0.15) is 5.10 Å². The van der Waals surface area contributed by atoms with E-state index in [9.17, 15) is 9.59 Å². The summed E-state index contributed by atoms with van der Waals surface area (Å²) in [6, 6.07) is 15.6. The number of benzene rings is 2. The summed E-state index contributed by atoms with van der Waals surface area (Å²) >= 11 is 0. The fourth-order valence-corrected chi connectivity index (χ4v) is 2.59. The maximum absolute atomic E-state index is 11.9. The molecule has 29 heavy (non-hydrogen) atoms. The van der Waals surface area contributed by atoms with Gasteiger partial charge in [0.2, 0.25) is 5.76 Å². The number of amides is 1. The van der Waals surface area contributed by atoms with E-state index in [-0.39, 0.29) is 18.3 Å². The minimum absolute atomic E-state index is 0.111. The van der Waals surface area contributed by atoms with Crippen molar-refractivity contribution in [2.75, 3.05) is 6.61 Å². The lowest BCUT2D eigenvalue weighted by Crippen LogP contribution is -2.25. The van der Waals surface area contributed by atoms with Crippen LogP contribution in [0.5, 0.6) is 11.5 Å². The Kier molecular flexibility index (Phi) is 6.42. The topological polar surface area (TPSA) is 90.1 Å². The molecule has 7 nitrogen and oxygen atoms in total. The minimum atomic E-state index is -0.596. The number of hydrogen-bond acceptors (Lipinski definition) is 6. The summed E-state index contributed by atoms with van der Waals surface area (Å²) in [5, 5.41) is 3.91. The fraction of sp³-hybridized carbons (Fsp3) is 0.136. The Balaban J connectivity index is 1.52. The number of hydrogen-bond donors (Lipinski definition) is 1. The third-order valence-corrected chi connectivity index (χ3v) is 3.95. The Morgan fingerprint density at radius 1 is 1.07 bits per heavy atom. The molecule has 1 aromatic heterocycles. The van der Waals surface area contributed by atoms with Crippen LogP contribution in [0.1, 0.15) is 27.2 Å². The van der Waals surface area contributed by atoms with Gasteiger partial charge in [0.05, 0.1) is 12.5 Å². The van der Waals surface area contributed by atoms with Crippen LogP contribution in [0.25, 0.3) is 0 Å². The predicted molar refractivity (Wildman–Crippen MR) is 107 cm³/mol. The number of carbonyl (C=O) groups excluding carboxylic acids is 2. The monoisotopic (exact) mass is 392 g/mol. The van der Waals surface area contributed by atoms with E-state index in [1.807, 2.05) is 32.0 Å². The van der Waals surface area contributed by atoms with E-state index in [0.717, 1.165) is 11.1 Å². The van der Waals surface area contributed by atoms with Crippen molar-refractivity contribution < 1.29 is 23.5 Å². The van der Waals surface area contributed by atoms with Gasteiger partial charge in [-0.1, -0.05) is 30.3 Å². The summed E-state index contributed by atoms with van der Waals surface area (Å²) in [6.45, 7) is 3.69. The molecule has 0 saturated carbocycles. The molecule has 0 saturated heterocycles. The Hall–Kier alpha value is -3.87. The van der Waals surface area contributed by atoms with Gasteiger partial charge in [0, 0.05) is 0 Å². The van der Waals surface area contributed by atoms with Crippen molar-refractivity contribution in [3.8, 4) is 11.5 Å². The SMILES string of the molecule is Cc1cccc(C)c1OCC(=O)N/N=C\c1cccc(OC(=O)c2ccco2)c1. The summed E-state index contributed by atoms with van der Waals surface area (Å²) in [4.78, 5) is 23.8. The van der Waals surface area contributed by atoms with E-state index in [1.54, 1.807) is 30.3 Å². The summed E-state index contributed by atoms with van der Waals surface area (Å²) in [5.41, 5.74) is 4.97. The molecule has 0 aliphatic heterocycles. The first-order valence-corrected chi connectivity index (χ1v) is 8.89. The summed E-state index contributed by atoms with van der Waals surface area (Å²) in [5.74, 6) is 0.156. The number of esters is 1. The zero-order valence-corrected chi connectivity index (χ0v) is 16.0. The molecule has 0 aliphatic rings. The van der Waals surface area contributed by atoms with E-state index < -0.39 is 5.97 Å². The minimum Gasteiger partial charge on any atom is -0.483 e. The highest BCUT2D eigenvalue weighted by molar-refractivity contribution is 5.88. The number of para-hydroxylation sites is 1. The van der Waals surface area contributed by atoms with Gasteiger partial charge in [-0.15, -0.1) is 0 Å². The maximum Gasteiger partial charge on any atom is 0.379 e. The lowest BCUT2D eigenvalue weighted by Gasteiger charge is -2.10. The van der Waals surface area contributed by atoms with Crippen LogP contribution in [0, 0.1) is 13.8 Å². The highest BCUT2D eigenvalue weighted by atomic mass is 16.5. The van der Waals surface area contributed by atoms with Gasteiger partial charge in [-0.05, 0) is 54.8 Å². The highest BCUT2D eigenvalue weighted by Crippen LogP contribution is 2.22. The Labute approximate surface area is 167 Å². The molecular weight excluding hydrogens is 372 g/mol. The van der Waals surface area contributed by atoms with Crippen LogP contribution in [-0.2, 0) is 4.79 Å². The first-order valence-electron chi connectivity index (χ1n) is 8.89. The molecule has 0 unspecified atom stereocenters. The van der Waals surface area contributed by atoms with Crippen molar-refractivity contribution in [3.05, 3.63) is 83.3 Å². The van der Waals surface area contributed by atoms with E-state index in [4.69, 9.17) is 13.9 Å². The molecule has 1 heterocycles. The normalized spacial score (nSPS) is 10.7. The van der Waals surface area contributed by atoms with Crippen LogP contribution in [0.3, 0.4) is 0 Å². The standard InChI is InChI=1S/C22H20N2O5/c1-15-6-3-7-16(2)21(15)28-14-20(25)24-23-13-17-8-4-9-18(12-17)29-22(26)19-10-5-11-27-19/h3-13H,14H2,1-2H3,(H,24,25)/b23-13-. The molecule has 7 heteroatoms. The number of nitrogens with one attached hydrogen (secondary N) is 1. The maximum atomic E-state index is 11.9. The second-order valence-corrected chi connectivity index (χ2v) is 6.24. The number of carbonyl (C=O) groups is 2. The molecule has 0 bridgehead atoms. The zero-order chi connectivity index (χ0) is 20.6. The smallest absolute Gasteiger partial charge is 0.379 e. The van der Waals surface area contributed by atoms with Crippen molar-refractivity contribution >= 4 is 18.1 Å². The number of furan rings is 1. The van der Waals surface area contributed by atoms with E-state index in [2.05, 4.69) is 10.5 Å². The van der Waals surface area contributed by atoms with Gasteiger partial charge in [0.15, 0.2) is 6.61 Å². The van der Waals surface area contributed by atoms with E-state index in [0.29, 0.717) is 17.1 Å². The van der Waals surface area contributed by atoms with Gasteiger partial charge in [-0.25, -0.2) is 10.2 Å². The van der Waals surface area contributed by atoms with Crippen molar-refractivity contribution in [2.24, 2.45) is 5.10 Å². The van der Waals surface area contributed by atoms with Crippen molar-refractivity contribution in [2.45, 2.75) is 13.8 Å². The van der Waals surface area contributed by atoms with Gasteiger partial charge in [-0.3, -0.25) is 4.79 Å². The number of ether oxygens (including phenoxy) is 2. The van der Waals surface area contributed by atoms with Crippen LogP contribution >= 0.6 is 0 Å². The molecular formula is C22H20N2O5. The van der Waals surface area contributed by atoms with Crippen LogP contribution in [0.15, 0.2) is 70.4 Å². The molecule has 3 aromatic rings. The van der Waals surface area contributed by atoms with Crippen LogP contribution < -0.4 is 14.9 Å². The Morgan fingerprint density at radius 2 is 1.83 bits per heavy atom. The average molecular weight is 392 g/mol. The molecule has 148 valence electrons. The molecule has 0 spiro atoms. The Bertz CT molecular complexity index is 1010. The first kappa shape index (κ1) is 19.9. The molecule has 0 aliphatic carbocycles. The molecule has 1 amide bonds. The number of rotatable bonds is 7. The molecule has 0 radical (unpaired) electrons. The van der Waals surface area contributed by atoms with Crippen molar-refractivity contribution in [1.29, 1.82) is 0 Å². The molecule has 1 N–H and O–H groups in total. The molecule has 3 rings (SSSR count). The zero-order valence-electron chi connectivity index (χ0n) is 16.0. The predicted octanol–water partition coefficient (Wildman–Crippen LogP) is 3.64. The molecule has 0 atom stereocenters. The van der Waals surface area contributed by atoms with Gasteiger partial charge < -0.3 is 13.9 Å². The molecule has 2 aromatic carbocycles. The van der Waals surface area contributed by atoms with Crippen LogP contribution in [0.2, 0.25) is 0 Å². The summed E-state index contributed by atoms with van der Waals surface area (Å²) in [6.07, 6.45) is 2.84. The van der Waals surface area contributed by atoms with Gasteiger partial charge >= 0.3 is 5.97 Å². The molecule has 0 fully saturated rings. The Morgan fingerprint density at radius 3 is 2.55 bits per heavy atom. The lowest BCUT2D eigenvalue weighted by molar-refractivity contribution is -0.123. The lowest BCUT2D eigenvalue weighted by atomic mass is 10.1. The summed E-state index contributed by atoms with van der Waals surface area (Å²) in [7, 11) is 0. The average Bonchev–Trinajstić information content (AvgIpc) is 3.23. The fourth-order valence-electron chi connectivity index (χ4n) is 2.59. The third kappa shape index (κ3) is 5.55. The van der Waals surface area contributed by atoms with E-state index in [1.165, 1.54) is 18.5 Å². The first-order chi connectivity index (χ1) is 14.0. The van der Waals surface area contributed by atoms with Crippen molar-refractivity contribution in [1.82, 2.24) is 5.43 Å². The number of aryl methyl sites for hydroxylation is 2. The van der Waals surface area contributed by atoms with Crippen LogP contribution in [0.4, 0.5) is 0 Å². The second kappa shape index (κ2) is 9.36. The third-order valence-electron chi connectivity index (χ3n) is 3.95. The van der Waals surface area contributed by atoms with E-state index >= 15 is 0 Å². The van der Waals surface area contributed by atoms with Crippen molar-refractivity contribution in [3.63, 3.8) is 0 Å². The largest absolute Gasteiger partial charge is 0.483 e. The highest BCUT2D eigenvalue weighted by Gasteiger charge is 2.11.